The predicted molar refractivity (Wildman–Crippen MR) is 118 cm³/mol. The van der Waals surface area contributed by atoms with Crippen molar-refractivity contribution in [1.82, 2.24) is 0 Å². The van der Waals surface area contributed by atoms with Gasteiger partial charge in [0.15, 0.2) is 0 Å². The fraction of sp³-hybridized carbons (Fsp3) is 0.182. The molecular formula is C22H20F2N2O4S2. The predicted octanol–water partition coefficient (Wildman–Crippen LogP) is 4.22. The number of fused-ring (bicyclic) bond motifs is 1. The Balaban J connectivity index is 1.72. The number of anilines is 2. The van der Waals surface area contributed by atoms with Crippen LogP contribution in [0.2, 0.25) is 0 Å². The maximum Gasteiger partial charge on any atom is 0.264 e. The molecule has 0 unspecified atom stereocenters. The Morgan fingerprint density at radius 1 is 0.906 bits per heavy atom. The third-order valence-electron chi connectivity index (χ3n) is 5.21. The van der Waals surface area contributed by atoms with Crippen LogP contribution in [-0.4, -0.2) is 23.4 Å². The van der Waals surface area contributed by atoms with Crippen molar-refractivity contribution in [1.29, 1.82) is 0 Å². The minimum absolute atomic E-state index is 0.0402. The van der Waals surface area contributed by atoms with E-state index in [0.29, 0.717) is 24.6 Å². The highest BCUT2D eigenvalue weighted by atomic mass is 32.2. The summed E-state index contributed by atoms with van der Waals surface area (Å²) in [6.45, 7) is 2.09. The molecule has 1 aliphatic rings. The SMILES string of the molecule is Cc1ccc(S(=O)(=O)N2CCCc3ccc(NS(=O)(=O)c4cc(F)ccc4F)cc32)cc1. The first-order valence-corrected chi connectivity index (χ1v) is 12.7. The lowest BCUT2D eigenvalue weighted by Crippen LogP contribution is -2.35. The number of sulfonamides is 2. The van der Waals surface area contributed by atoms with Crippen LogP contribution in [0.5, 0.6) is 0 Å². The fourth-order valence-electron chi connectivity index (χ4n) is 3.58. The Hall–Kier alpha value is -2.98. The van der Waals surface area contributed by atoms with Crippen LogP contribution in [0.3, 0.4) is 0 Å². The standard InChI is InChI=1S/C22H20F2N2O4S2/c1-15-4-9-19(10-5-15)32(29,30)26-12-2-3-16-6-8-18(14-21(16)26)25-31(27,28)22-13-17(23)7-11-20(22)24/h4-11,13-14,25H,2-3,12H2,1H3. The van der Waals surface area contributed by atoms with E-state index in [-0.39, 0.29) is 17.1 Å². The molecule has 0 bridgehead atoms. The summed E-state index contributed by atoms with van der Waals surface area (Å²) in [7, 11) is -8.31. The quantitative estimate of drug-likeness (QED) is 0.595. The van der Waals surface area contributed by atoms with Gasteiger partial charge < -0.3 is 0 Å². The Labute approximate surface area is 185 Å². The number of nitrogens with zero attached hydrogens (tertiary/aromatic N) is 1. The van der Waals surface area contributed by atoms with Crippen molar-refractivity contribution >= 4 is 31.4 Å². The molecule has 0 amide bonds. The van der Waals surface area contributed by atoms with E-state index in [2.05, 4.69) is 4.72 Å². The average molecular weight is 479 g/mol. The molecule has 0 aliphatic carbocycles. The highest BCUT2D eigenvalue weighted by Crippen LogP contribution is 2.35. The van der Waals surface area contributed by atoms with Crippen molar-refractivity contribution in [2.75, 3.05) is 15.6 Å². The molecule has 0 atom stereocenters. The Bertz CT molecular complexity index is 1390. The maximum absolute atomic E-state index is 14.0. The first kappa shape index (κ1) is 22.2. The molecule has 1 aliphatic heterocycles. The van der Waals surface area contributed by atoms with Crippen molar-refractivity contribution in [2.45, 2.75) is 29.6 Å². The number of hydrogen-bond acceptors (Lipinski definition) is 4. The van der Waals surface area contributed by atoms with E-state index < -0.39 is 36.6 Å². The van der Waals surface area contributed by atoms with E-state index in [1.54, 1.807) is 18.2 Å². The summed E-state index contributed by atoms with van der Waals surface area (Å²) in [5.74, 6) is -1.99. The molecule has 3 aromatic carbocycles. The van der Waals surface area contributed by atoms with Crippen LogP contribution in [0, 0.1) is 18.6 Å². The van der Waals surface area contributed by atoms with Crippen molar-refractivity contribution in [3.63, 3.8) is 0 Å². The van der Waals surface area contributed by atoms with Crippen LogP contribution >= 0.6 is 0 Å². The molecule has 0 spiro atoms. The lowest BCUT2D eigenvalue weighted by molar-refractivity contribution is 0.555. The van der Waals surface area contributed by atoms with Gasteiger partial charge in [0, 0.05) is 6.54 Å². The van der Waals surface area contributed by atoms with E-state index >= 15 is 0 Å². The molecule has 10 heteroatoms. The van der Waals surface area contributed by atoms with Gasteiger partial charge in [0.05, 0.1) is 16.3 Å². The molecule has 0 radical (unpaired) electrons. The van der Waals surface area contributed by atoms with Crippen LogP contribution in [0.25, 0.3) is 0 Å². The van der Waals surface area contributed by atoms with Gasteiger partial charge in [-0.2, -0.15) is 0 Å². The van der Waals surface area contributed by atoms with E-state index in [0.717, 1.165) is 23.3 Å². The lowest BCUT2D eigenvalue weighted by Gasteiger charge is -2.31. The van der Waals surface area contributed by atoms with Gasteiger partial charge in [0.2, 0.25) is 0 Å². The van der Waals surface area contributed by atoms with Crippen LogP contribution in [0.4, 0.5) is 20.2 Å². The van der Waals surface area contributed by atoms with Gasteiger partial charge in [-0.05, 0) is 67.8 Å². The number of halogens is 2. The zero-order chi connectivity index (χ0) is 23.1. The Morgan fingerprint density at radius 2 is 1.62 bits per heavy atom. The van der Waals surface area contributed by atoms with Crippen LogP contribution in [0.1, 0.15) is 17.5 Å². The first-order valence-electron chi connectivity index (χ1n) is 9.78. The molecule has 0 fully saturated rings. The van der Waals surface area contributed by atoms with E-state index in [1.807, 2.05) is 6.92 Å². The van der Waals surface area contributed by atoms with Gasteiger partial charge in [-0.3, -0.25) is 9.03 Å². The second kappa shape index (κ2) is 8.18. The lowest BCUT2D eigenvalue weighted by atomic mass is 10.0. The minimum Gasteiger partial charge on any atom is -0.279 e. The monoisotopic (exact) mass is 478 g/mol. The van der Waals surface area contributed by atoms with E-state index in [9.17, 15) is 25.6 Å². The molecule has 0 aromatic heterocycles. The summed E-state index contributed by atoms with van der Waals surface area (Å²) >= 11 is 0. The maximum atomic E-state index is 14.0. The average Bonchev–Trinajstić information content (AvgIpc) is 2.75. The second-order valence-corrected chi connectivity index (χ2v) is 11.0. The fourth-order valence-corrected chi connectivity index (χ4v) is 6.26. The van der Waals surface area contributed by atoms with Gasteiger partial charge in [-0.1, -0.05) is 23.8 Å². The van der Waals surface area contributed by atoms with Crippen LogP contribution < -0.4 is 9.03 Å². The highest BCUT2D eigenvalue weighted by molar-refractivity contribution is 7.93. The molecule has 168 valence electrons. The zero-order valence-corrected chi connectivity index (χ0v) is 18.7. The Morgan fingerprint density at radius 3 is 2.34 bits per heavy atom. The van der Waals surface area contributed by atoms with Crippen molar-refractivity contribution in [3.8, 4) is 0 Å². The third kappa shape index (κ3) is 4.20. The first-order chi connectivity index (χ1) is 15.1. The summed E-state index contributed by atoms with van der Waals surface area (Å²) < 4.78 is 82.7. The number of benzene rings is 3. The number of rotatable bonds is 5. The second-order valence-electron chi connectivity index (χ2n) is 7.52. The van der Waals surface area contributed by atoms with Crippen molar-refractivity contribution < 1.29 is 25.6 Å². The van der Waals surface area contributed by atoms with Gasteiger partial charge in [0.1, 0.15) is 16.5 Å². The van der Waals surface area contributed by atoms with E-state index in [1.165, 1.54) is 28.6 Å². The van der Waals surface area contributed by atoms with Crippen LogP contribution in [0.15, 0.2) is 70.5 Å². The molecule has 6 nitrogen and oxygen atoms in total. The van der Waals surface area contributed by atoms with Gasteiger partial charge in [-0.15, -0.1) is 0 Å². The molecule has 0 saturated heterocycles. The molecule has 4 rings (SSSR count). The smallest absolute Gasteiger partial charge is 0.264 e. The van der Waals surface area contributed by atoms with Gasteiger partial charge >= 0.3 is 0 Å². The summed E-state index contributed by atoms with van der Waals surface area (Å²) in [5.41, 5.74) is 2.05. The highest BCUT2D eigenvalue weighted by Gasteiger charge is 2.30. The summed E-state index contributed by atoms with van der Waals surface area (Å²) in [4.78, 5) is -0.705. The van der Waals surface area contributed by atoms with Gasteiger partial charge in [-0.25, -0.2) is 25.6 Å². The number of aryl methyl sites for hydroxylation is 2. The molecular weight excluding hydrogens is 458 g/mol. The van der Waals surface area contributed by atoms with Crippen molar-refractivity contribution in [3.05, 3.63) is 83.4 Å². The topological polar surface area (TPSA) is 83.6 Å². The molecule has 1 heterocycles. The largest absolute Gasteiger partial charge is 0.279 e. The number of hydrogen-bond donors (Lipinski definition) is 1. The molecule has 1 N–H and O–H groups in total. The Kier molecular flexibility index (Phi) is 5.68. The van der Waals surface area contributed by atoms with Gasteiger partial charge in [0.25, 0.3) is 20.0 Å². The summed E-state index contributed by atoms with van der Waals surface area (Å²) in [5, 5.41) is 0. The number of nitrogens with one attached hydrogen (secondary N) is 1. The van der Waals surface area contributed by atoms with E-state index in [4.69, 9.17) is 0 Å². The summed E-state index contributed by atoms with van der Waals surface area (Å²) in [6, 6.07) is 13.1. The normalized spacial score (nSPS) is 14.2. The van der Waals surface area contributed by atoms with Crippen molar-refractivity contribution in [2.24, 2.45) is 0 Å². The zero-order valence-electron chi connectivity index (χ0n) is 17.0. The minimum atomic E-state index is -4.44. The third-order valence-corrected chi connectivity index (χ3v) is 8.43. The molecule has 32 heavy (non-hydrogen) atoms. The molecule has 0 saturated carbocycles. The van der Waals surface area contributed by atoms with Crippen LogP contribution in [-0.2, 0) is 26.5 Å². The molecule has 3 aromatic rings. The summed E-state index contributed by atoms with van der Waals surface area (Å²) in [6.07, 6.45) is 1.23.